The monoisotopic (exact) mass is 229 g/mol. The van der Waals surface area contributed by atoms with E-state index in [1.165, 1.54) is 5.57 Å². The van der Waals surface area contributed by atoms with Gasteiger partial charge in [-0.15, -0.1) is 0 Å². The van der Waals surface area contributed by atoms with Gasteiger partial charge in [-0.25, -0.2) is 0 Å². The SMILES string of the molecule is C=C(C)[C@@H]1CC2=CC(=O)CC[C@@]2(C)[C@@H](C#N)C1. The lowest BCUT2D eigenvalue weighted by atomic mass is 9.57. The number of allylic oxidation sites excluding steroid dienone is 3. The van der Waals surface area contributed by atoms with E-state index in [2.05, 4.69) is 19.6 Å². The largest absolute Gasteiger partial charge is 0.295 e. The van der Waals surface area contributed by atoms with Gasteiger partial charge in [0.2, 0.25) is 0 Å². The molecule has 0 amide bonds. The second-order valence-corrected chi connectivity index (χ2v) is 5.72. The Morgan fingerprint density at radius 2 is 2.35 bits per heavy atom. The van der Waals surface area contributed by atoms with Crippen LogP contribution in [0.2, 0.25) is 0 Å². The molecule has 0 spiro atoms. The van der Waals surface area contributed by atoms with E-state index in [0.29, 0.717) is 12.3 Å². The maximum absolute atomic E-state index is 11.5. The molecule has 1 fully saturated rings. The molecule has 0 aromatic rings. The molecule has 2 nitrogen and oxygen atoms in total. The van der Waals surface area contributed by atoms with Gasteiger partial charge in [0, 0.05) is 11.8 Å². The zero-order valence-electron chi connectivity index (χ0n) is 10.6. The van der Waals surface area contributed by atoms with Crippen molar-refractivity contribution in [1.29, 1.82) is 5.26 Å². The van der Waals surface area contributed by atoms with Crippen LogP contribution in [0.1, 0.15) is 39.5 Å². The summed E-state index contributed by atoms with van der Waals surface area (Å²) < 4.78 is 0. The molecule has 0 aromatic carbocycles. The van der Waals surface area contributed by atoms with Crippen molar-refractivity contribution in [3.8, 4) is 6.07 Å². The van der Waals surface area contributed by atoms with Crippen molar-refractivity contribution >= 4 is 5.78 Å². The van der Waals surface area contributed by atoms with Crippen molar-refractivity contribution in [2.24, 2.45) is 17.3 Å². The number of fused-ring (bicyclic) bond motifs is 1. The summed E-state index contributed by atoms with van der Waals surface area (Å²) >= 11 is 0. The molecular formula is C15H19NO. The molecule has 0 aliphatic heterocycles. The van der Waals surface area contributed by atoms with Crippen LogP contribution < -0.4 is 0 Å². The number of rotatable bonds is 1. The minimum absolute atomic E-state index is 0.0253. The quantitative estimate of drug-likeness (QED) is 0.646. The first kappa shape index (κ1) is 12.1. The summed E-state index contributed by atoms with van der Waals surface area (Å²) in [5.74, 6) is 0.610. The van der Waals surface area contributed by atoms with Crippen molar-refractivity contribution in [2.75, 3.05) is 0 Å². The summed E-state index contributed by atoms with van der Waals surface area (Å²) in [6.45, 7) is 8.17. The zero-order valence-corrected chi connectivity index (χ0v) is 10.6. The number of nitriles is 1. The van der Waals surface area contributed by atoms with Crippen LogP contribution in [0.3, 0.4) is 0 Å². The standard InChI is InChI=1S/C15H19NO/c1-10(2)11-6-12-8-14(17)4-5-15(12,3)13(7-11)9-16/h8,11,13H,1,4-7H2,2-3H3/t11-,13-,15-/m1/s1. The van der Waals surface area contributed by atoms with Crippen molar-refractivity contribution in [3.05, 3.63) is 23.8 Å². The van der Waals surface area contributed by atoms with Crippen LogP contribution in [-0.4, -0.2) is 5.78 Å². The second-order valence-electron chi connectivity index (χ2n) is 5.72. The minimum atomic E-state index is -0.0748. The highest BCUT2D eigenvalue weighted by Crippen LogP contribution is 2.52. The molecule has 0 aromatic heterocycles. The molecule has 2 heteroatoms. The third-order valence-corrected chi connectivity index (χ3v) is 4.57. The maximum atomic E-state index is 11.5. The van der Waals surface area contributed by atoms with E-state index in [9.17, 15) is 10.1 Å². The Hall–Kier alpha value is -1.36. The number of carbonyl (C=O) groups is 1. The molecule has 17 heavy (non-hydrogen) atoms. The highest BCUT2D eigenvalue weighted by Gasteiger charge is 2.45. The average Bonchev–Trinajstić information content (AvgIpc) is 2.28. The van der Waals surface area contributed by atoms with Crippen LogP contribution in [0.5, 0.6) is 0 Å². The van der Waals surface area contributed by atoms with E-state index in [1.807, 2.05) is 6.92 Å². The van der Waals surface area contributed by atoms with Gasteiger partial charge in [0.05, 0.1) is 12.0 Å². The molecule has 0 radical (unpaired) electrons. The van der Waals surface area contributed by atoms with Crippen LogP contribution in [0.25, 0.3) is 0 Å². The topological polar surface area (TPSA) is 40.9 Å². The summed E-state index contributed by atoms with van der Waals surface area (Å²) in [4.78, 5) is 11.5. The van der Waals surface area contributed by atoms with Crippen molar-refractivity contribution in [1.82, 2.24) is 0 Å². The van der Waals surface area contributed by atoms with Gasteiger partial charge in [-0.3, -0.25) is 4.79 Å². The van der Waals surface area contributed by atoms with E-state index in [1.54, 1.807) is 6.08 Å². The van der Waals surface area contributed by atoms with E-state index in [-0.39, 0.29) is 17.1 Å². The normalized spacial score (nSPS) is 36.8. The molecule has 2 aliphatic carbocycles. The molecule has 0 heterocycles. The van der Waals surface area contributed by atoms with Crippen LogP contribution in [0.4, 0.5) is 0 Å². The van der Waals surface area contributed by atoms with Gasteiger partial charge in [0.1, 0.15) is 0 Å². The van der Waals surface area contributed by atoms with E-state index < -0.39 is 0 Å². The van der Waals surface area contributed by atoms with Gasteiger partial charge in [0.15, 0.2) is 5.78 Å². The van der Waals surface area contributed by atoms with Crippen LogP contribution in [0, 0.1) is 28.6 Å². The fraction of sp³-hybridized carbons (Fsp3) is 0.600. The summed E-state index contributed by atoms with van der Waals surface area (Å²) in [5.41, 5.74) is 2.24. The first-order valence-electron chi connectivity index (χ1n) is 6.26. The highest BCUT2D eigenvalue weighted by atomic mass is 16.1. The Kier molecular flexibility index (Phi) is 2.95. The van der Waals surface area contributed by atoms with Crippen LogP contribution >= 0.6 is 0 Å². The lowest BCUT2D eigenvalue weighted by Gasteiger charge is -2.45. The summed E-state index contributed by atoms with van der Waals surface area (Å²) in [5, 5.41) is 9.37. The first-order chi connectivity index (χ1) is 7.97. The molecule has 90 valence electrons. The lowest BCUT2D eigenvalue weighted by Crippen LogP contribution is -2.38. The first-order valence-corrected chi connectivity index (χ1v) is 6.26. The Bertz CT molecular complexity index is 440. The third kappa shape index (κ3) is 1.95. The number of hydrogen-bond acceptors (Lipinski definition) is 2. The average molecular weight is 229 g/mol. The fourth-order valence-electron chi connectivity index (χ4n) is 3.13. The molecule has 0 saturated heterocycles. The fourth-order valence-corrected chi connectivity index (χ4v) is 3.13. The van der Waals surface area contributed by atoms with Gasteiger partial charge >= 0.3 is 0 Å². The van der Waals surface area contributed by atoms with Crippen molar-refractivity contribution < 1.29 is 4.79 Å². The Morgan fingerprint density at radius 3 is 2.94 bits per heavy atom. The molecule has 0 bridgehead atoms. The highest BCUT2D eigenvalue weighted by molar-refractivity contribution is 5.91. The summed E-state index contributed by atoms with van der Waals surface area (Å²) in [6.07, 6.45) is 5.03. The summed E-state index contributed by atoms with van der Waals surface area (Å²) in [6, 6.07) is 2.45. The Morgan fingerprint density at radius 1 is 1.65 bits per heavy atom. The minimum Gasteiger partial charge on any atom is -0.295 e. The smallest absolute Gasteiger partial charge is 0.155 e. The Labute approximate surface area is 103 Å². The summed E-state index contributed by atoms with van der Waals surface area (Å²) in [7, 11) is 0. The number of nitrogens with zero attached hydrogens (tertiary/aromatic N) is 1. The third-order valence-electron chi connectivity index (χ3n) is 4.57. The van der Waals surface area contributed by atoms with Crippen LogP contribution in [-0.2, 0) is 4.79 Å². The zero-order chi connectivity index (χ0) is 12.6. The van der Waals surface area contributed by atoms with Gasteiger partial charge < -0.3 is 0 Å². The van der Waals surface area contributed by atoms with Gasteiger partial charge in [-0.05, 0) is 38.2 Å². The number of carbonyl (C=O) groups excluding carboxylic acids is 1. The predicted octanol–water partition coefficient (Wildman–Crippen LogP) is 3.41. The predicted molar refractivity (Wildman–Crippen MR) is 67.1 cm³/mol. The molecular weight excluding hydrogens is 210 g/mol. The number of hydrogen-bond donors (Lipinski definition) is 0. The lowest BCUT2D eigenvalue weighted by molar-refractivity contribution is -0.116. The molecule has 3 atom stereocenters. The second kappa shape index (κ2) is 4.14. The van der Waals surface area contributed by atoms with Crippen molar-refractivity contribution in [3.63, 3.8) is 0 Å². The Balaban J connectivity index is 2.38. The molecule has 2 rings (SSSR count). The van der Waals surface area contributed by atoms with Gasteiger partial charge in [-0.2, -0.15) is 5.26 Å². The molecule has 1 saturated carbocycles. The van der Waals surface area contributed by atoms with Crippen LogP contribution in [0.15, 0.2) is 23.8 Å². The van der Waals surface area contributed by atoms with E-state index >= 15 is 0 Å². The number of ketones is 1. The molecule has 0 unspecified atom stereocenters. The molecule has 0 N–H and O–H groups in total. The van der Waals surface area contributed by atoms with Gasteiger partial charge in [-0.1, -0.05) is 24.6 Å². The van der Waals surface area contributed by atoms with Crippen molar-refractivity contribution in [2.45, 2.75) is 39.5 Å². The molecule has 2 aliphatic rings. The van der Waals surface area contributed by atoms with Gasteiger partial charge in [0.25, 0.3) is 0 Å². The van der Waals surface area contributed by atoms with E-state index in [4.69, 9.17) is 0 Å². The van der Waals surface area contributed by atoms with E-state index in [0.717, 1.165) is 24.8 Å². The maximum Gasteiger partial charge on any atom is 0.155 e.